The van der Waals surface area contributed by atoms with Crippen LogP contribution < -0.4 is 10.5 Å². The minimum absolute atomic E-state index is 0.0548. The first kappa shape index (κ1) is 14.2. The van der Waals surface area contributed by atoms with Gasteiger partial charge < -0.3 is 10.6 Å². The first-order valence-electron chi connectivity index (χ1n) is 6.37. The van der Waals surface area contributed by atoms with Gasteiger partial charge in [0, 0.05) is 25.5 Å². The van der Waals surface area contributed by atoms with Crippen LogP contribution in [0.2, 0.25) is 0 Å². The Labute approximate surface area is 114 Å². The second-order valence-electron chi connectivity index (χ2n) is 5.04. The Kier molecular flexibility index (Phi) is 4.38. The average Bonchev–Trinajstić information content (AvgIpc) is 2.37. The maximum atomic E-state index is 12.1. The van der Waals surface area contributed by atoms with Gasteiger partial charge in [-0.25, -0.2) is 13.1 Å². The number of piperidine rings is 1. The van der Waals surface area contributed by atoms with Crippen LogP contribution >= 0.6 is 0 Å². The number of sulfonamides is 1. The molecule has 1 unspecified atom stereocenters. The molecule has 106 valence electrons. The van der Waals surface area contributed by atoms with Crippen molar-refractivity contribution in [3.63, 3.8) is 0 Å². The predicted octanol–water partition coefficient (Wildman–Crippen LogP) is 0.284. The van der Waals surface area contributed by atoms with Gasteiger partial charge in [0.25, 0.3) is 0 Å². The predicted molar refractivity (Wildman–Crippen MR) is 74.1 cm³/mol. The fourth-order valence-corrected chi connectivity index (χ4v) is 3.55. The molecule has 6 nitrogen and oxygen atoms in total. The highest BCUT2D eigenvalue weighted by molar-refractivity contribution is 7.89. The van der Waals surface area contributed by atoms with Crippen molar-refractivity contribution in [1.82, 2.24) is 14.6 Å². The Morgan fingerprint density at radius 3 is 3.05 bits per heavy atom. The number of nitrogens with zero attached hydrogens (tertiary/aromatic N) is 2. The molecule has 1 aromatic rings. The van der Waals surface area contributed by atoms with E-state index in [9.17, 15) is 8.42 Å². The van der Waals surface area contributed by atoms with Crippen molar-refractivity contribution in [2.24, 2.45) is 5.92 Å². The molecular weight excluding hydrogens is 264 g/mol. The first-order chi connectivity index (χ1) is 8.99. The molecule has 2 rings (SSSR count). The van der Waals surface area contributed by atoms with E-state index in [1.165, 1.54) is 18.5 Å². The van der Waals surface area contributed by atoms with Crippen molar-refractivity contribution in [3.8, 4) is 0 Å². The van der Waals surface area contributed by atoms with Gasteiger partial charge in [-0.1, -0.05) is 0 Å². The summed E-state index contributed by atoms with van der Waals surface area (Å²) in [6, 6.07) is 1.49. The van der Waals surface area contributed by atoms with E-state index >= 15 is 0 Å². The van der Waals surface area contributed by atoms with Crippen molar-refractivity contribution in [2.75, 3.05) is 32.4 Å². The highest BCUT2D eigenvalue weighted by Gasteiger charge is 2.22. The number of aromatic nitrogens is 1. The van der Waals surface area contributed by atoms with Gasteiger partial charge >= 0.3 is 0 Å². The fourth-order valence-electron chi connectivity index (χ4n) is 2.36. The molecule has 0 spiro atoms. The number of hydrogen-bond donors (Lipinski definition) is 2. The summed E-state index contributed by atoms with van der Waals surface area (Å²) >= 11 is 0. The lowest BCUT2D eigenvalue weighted by atomic mass is 9.99. The lowest BCUT2D eigenvalue weighted by Crippen LogP contribution is -2.39. The van der Waals surface area contributed by atoms with Crippen LogP contribution in [0.5, 0.6) is 0 Å². The molecule has 19 heavy (non-hydrogen) atoms. The summed E-state index contributed by atoms with van der Waals surface area (Å²) < 4.78 is 26.9. The topological polar surface area (TPSA) is 88.3 Å². The van der Waals surface area contributed by atoms with Crippen LogP contribution in [0.3, 0.4) is 0 Å². The molecule has 1 aliphatic rings. The number of nitrogen functional groups attached to an aromatic ring is 1. The van der Waals surface area contributed by atoms with E-state index in [4.69, 9.17) is 5.73 Å². The standard InChI is InChI=1S/C12H20N4O2S/c1-16-6-2-3-10(9-16)7-15-19(17,18)12-8-14-5-4-11(12)13/h4-5,8,10,15H,2-3,6-7,9H2,1H3,(H2,13,14). The molecule has 3 N–H and O–H groups in total. The van der Waals surface area contributed by atoms with E-state index in [1.54, 1.807) is 0 Å². The average molecular weight is 284 g/mol. The van der Waals surface area contributed by atoms with Crippen LogP contribution in [-0.2, 0) is 10.0 Å². The maximum absolute atomic E-state index is 12.1. The Bertz CT molecular complexity index is 532. The van der Waals surface area contributed by atoms with Crippen molar-refractivity contribution in [3.05, 3.63) is 18.5 Å². The van der Waals surface area contributed by atoms with Gasteiger partial charge in [-0.05, 0) is 38.4 Å². The van der Waals surface area contributed by atoms with Crippen molar-refractivity contribution >= 4 is 15.7 Å². The Morgan fingerprint density at radius 1 is 1.58 bits per heavy atom. The fraction of sp³-hybridized carbons (Fsp3) is 0.583. The Morgan fingerprint density at radius 2 is 2.37 bits per heavy atom. The van der Waals surface area contributed by atoms with E-state index in [2.05, 4.69) is 21.7 Å². The summed E-state index contributed by atoms with van der Waals surface area (Å²) in [6.07, 6.45) is 4.92. The number of likely N-dealkylation sites (tertiary alicyclic amines) is 1. The minimum atomic E-state index is -3.56. The van der Waals surface area contributed by atoms with Gasteiger partial charge in [-0.3, -0.25) is 4.98 Å². The number of nitrogens with one attached hydrogen (secondary N) is 1. The third-order valence-corrected chi connectivity index (χ3v) is 4.86. The zero-order valence-electron chi connectivity index (χ0n) is 11.0. The van der Waals surface area contributed by atoms with Crippen LogP contribution in [0.4, 0.5) is 5.69 Å². The first-order valence-corrected chi connectivity index (χ1v) is 7.85. The normalized spacial score (nSPS) is 21.4. The van der Waals surface area contributed by atoms with Gasteiger partial charge in [0.2, 0.25) is 10.0 Å². The quantitative estimate of drug-likeness (QED) is 0.829. The van der Waals surface area contributed by atoms with Gasteiger partial charge in [0.1, 0.15) is 4.90 Å². The minimum Gasteiger partial charge on any atom is -0.398 e. The van der Waals surface area contributed by atoms with Crippen LogP contribution in [0.25, 0.3) is 0 Å². The van der Waals surface area contributed by atoms with E-state index in [0.717, 1.165) is 25.9 Å². The third-order valence-electron chi connectivity index (χ3n) is 3.39. The Balaban J connectivity index is 2.00. The second kappa shape index (κ2) is 5.85. The van der Waals surface area contributed by atoms with E-state index in [-0.39, 0.29) is 10.6 Å². The smallest absolute Gasteiger partial charge is 0.244 e. The lowest BCUT2D eigenvalue weighted by molar-refractivity contribution is 0.211. The molecule has 1 aliphatic heterocycles. The number of anilines is 1. The number of pyridine rings is 1. The highest BCUT2D eigenvalue weighted by atomic mass is 32.2. The summed E-state index contributed by atoms with van der Waals surface area (Å²) in [5.41, 5.74) is 5.90. The van der Waals surface area contributed by atoms with E-state index in [0.29, 0.717) is 12.5 Å². The molecule has 0 radical (unpaired) electrons. The van der Waals surface area contributed by atoms with Crippen LogP contribution in [0, 0.1) is 5.92 Å². The Hall–Kier alpha value is -1.18. The molecule has 2 heterocycles. The molecule has 1 saturated heterocycles. The molecule has 0 aromatic carbocycles. The third kappa shape index (κ3) is 3.65. The molecule has 1 aromatic heterocycles. The summed E-state index contributed by atoms with van der Waals surface area (Å²) in [7, 11) is -1.51. The van der Waals surface area contributed by atoms with Gasteiger partial charge in [0.15, 0.2) is 0 Å². The number of rotatable bonds is 4. The second-order valence-corrected chi connectivity index (χ2v) is 6.77. The van der Waals surface area contributed by atoms with Crippen molar-refractivity contribution in [1.29, 1.82) is 0 Å². The summed E-state index contributed by atoms with van der Waals surface area (Å²) in [5.74, 6) is 0.353. The molecule has 0 aliphatic carbocycles. The molecule has 0 bridgehead atoms. The van der Waals surface area contributed by atoms with Gasteiger partial charge in [-0.15, -0.1) is 0 Å². The maximum Gasteiger partial charge on any atom is 0.244 e. The molecule has 0 saturated carbocycles. The zero-order valence-corrected chi connectivity index (χ0v) is 11.9. The SMILES string of the molecule is CN1CCCC(CNS(=O)(=O)c2cnccc2N)C1. The summed E-state index contributed by atoms with van der Waals surface area (Å²) in [4.78, 5) is 6.09. The molecule has 1 atom stereocenters. The monoisotopic (exact) mass is 284 g/mol. The van der Waals surface area contributed by atoms with Crippen LogP contribution in [0.1, 0.15) is 12.8 Å². The molecule has 1 fully saturated rings. The number of hydrogen-bond acceptors (Lipinski definition) is 5. The van der Waals surface area contributed by atoms with E-state index in [1.807, 2.05) is 0 Å². The van der Waals surface area contributed by atoms with Crippen molar-refractivity contribution < 1.29 is 8.42 Å². The largest absolute Gasteiger partial charge is 0.398 e. The van der Waals surface area contributed by atoms with Crippen LogP contribution in [0.15, 0.2) is 23.4 Å². The summed E-state index contributed by atoms with van der Waals surface area (Å²) in [5, 5.41) is 0. The van der Waals surface area contributed by atoms with Gasteiger partial charge in [0.05, 0.1) is 5.69 Å². The molecule has 7 heteroatoms. The molecule has 0 amide bonds. The lowest BCUT2D eigenvalue weighted by Gasteiger charge is -2.29. The number of nitrogens with two attached hydrogens (primary N) is 1. The van der Waals surface area contributed by atoms with Crippen LogP contribution in [-0.4, -0.2) is 45.0 Å². The van der Waals surface area contributed by atoms with Crippen molar-refractivity contribution in [2.45, 2.75) is 17.7 Å². The van der Waals surface area contributed by atoms with E-state index < -0.39 is 10.0 Å². The molecular formula is C12H20N4O2S. The van der Waals surface area contributed by atoms with Gasteiger partial charge in [-0.2, -0.15) is 0 Å². The highest BCUT2D eigenvalue weighted by Crippen LogP contribution is 2.18. The summed E-state index contributed by atoms with van der Waals surface area (Å²) in [6.45, 7) is 2.45. The zero-order chi connectivity index (χ0) is 13.9.